The summed E-state index contributed by atoms with van der Waals surface area (Å²) in [6.45, 7) is 0.966. The average Bonchev–Trinajstić information content (AvgIpc) is 2.44. The van der Waals surface area contributed by atoms with Gasteiger partial charge in [-0.1, -0.05) is 30.3 Å². The number of Topliss-reactive ketones (excluding diaryl/α,β-unsaturated/α-hetero) is 1. The molecule has 0 fully saturated rings. The molecule has 0 saturated carbocycles. The van der Waals surface area contributed by atoms with Crippen LogP contribution >= 0.6 is 0 Å². The summed E-state index contributed by atoms with van der Waals surface area (Å²) < 4.78 is 78.2. The van der Waals surface area contributed by atoms with Crippen LogP contribution in [-0.4, -0.2) is 5.78 Å². The minimum absolute atomic E-state index is 0.254. The van der Waals surface area contributed by atoms with Crippen molar-refractivity contribution in [1.29, 1.82) is 0 Å². The first kappa shape index (κ1) is 17.1. The zero-order chi connectivity index (χ0) is 17.4. The Labute approximate surface area is 127 Å². The van der Waals surface area contributed by atoms with Gasteiger partial charge in [0.15, 0.2) is 5.78 Å². The van der Waals surface area contributed by atoms with E-state index in [1.54, 1.807) is 0 Å². The number of hydrogen-bond donors (Lipinski definition) is 0. The smallest absolute Gasteiger partial charge is 0.294 e. The molecule has 0 spiro atoms. The van der Waals surface area contributed by atoms with Gasteiger partial charge in [0.25, 0.3) is 0 Å². The Balaban J connectivity index is 2.70. The van der Waals surface area contributed by atoms with Crippen molar-refractivity contribution in [3.05, 3.63) is 59.2 Å². The molecule has 0 N–H and O–H groups in total. The second-order valence-electron chi connectivity index (χ2n) is 4.86. The molecule has 2 rings (SSSR count). The van der Waals surface area contributed by atoms with Gasteiger partial charge in [0.05, 0.1) is 11.1 Å². The quantitative estimate of drug-likeness (QED) is 0.517. The first-order valence-corrected chi connectivity index (χ1v) is 6.40. The third kappa shape index (κ3) is 3.55. The van der Waals surface area contributed by atoms with E-state index in [1.165, 1.54) is 6.07 Å². The van der Waals surface area contributed by atoms with E-state index in [9.17, 15) is 31.1 Å². The van der Waals surface area contributed by atoms with Gasteiger partial charge in [-0.05, 0) is 30.2 Å². The van der Waals surface area contributed by atoms with Gasteiger partial charge in [0.1, 0.15) is 0 Å². The minimum atomic E-state index is -4.84. The molecule has 122 valence electrons. The molecule has 7 heteroatoms. The predicted molar refractivity (Wildman–Crippen MR) is 71.9 cm³/mol. The van der Waals surface area contributed by atoms with E-state index < -0.39 is 34.8 Å². The molecule has 23 heavy (non-hydrogen) atoms. The van der Waals surface area contributed by atoms with E-state index in [1.807, 2.05) is 0 Å². The van der Waals surface area contributed by atoms with Crippen molar-refractivity contribution in [1.82, 2.24) is 0 Å². The zero-order valence-corrected chi connectivity index (χ0v) is 11.7. The lowest BCUT2D eigenvalue weighted by Gasteiger charge is -2.16. The summed E-state index contributed by atoms with van der Waals surface area (Å²) in [6, 6.07) is 6.89. The normalized spacial score (nSPS) is 12.3. The summed E-state index contributed by atoms with van der Waals surface area (Å²) in [5.41, 5.74) is -3.50. The largest absolute Gasteiger partial charge is 0.417 e. The summed E-state index contributed by atoms with van der Waals surface area (Å²) >= 11 is 0. The summed E-state index contributed by atoms with van der Waals surface area (Å²) in [6.07, 6.45) is -9.54. The van der Waals surface area contributed by atoms with Crippen molar-refractivity contribution < 1.29 is 31.1 Å². The van der Waals surface area contributed by atoms with Crippen LogP contribution in [0, 0.1) is 0 Å². The Hall–Kier alpha value is -2.31. The van der Waals surface area contributed by atoms with E-state index in [0.29, 0.717) is 6.07 Å². The molecule has 0 unspecified atom stereocenters. The Morgan fingerprint density at radius 3 is 1.91 bits per heavy atom. The van der Waals surface area contributed by atoms with Gasteiger partial charge in [-0.2, -0.15) is 26.3 Å². The third-order valence-electron chi connectivity index (χ3n) is 3.25. The fourth-order valence-corrected chi connectivity index (χ4v) is 2.24. The summed E-state index contributed by atoms with van der Waals surface area (Å²) in [5.74, 6) is -0.812. The van der Waals surface area contributed by atoms with Gasteiger partial charge in [-0.15, -0.1) is 0 Å². The molecule has 0 atom stereocenters. The van der Waals surface area contributed by atoms with Crippen molar-refractivity contribution in [3.8, 4) is 11.1 Å². The summed E-state index contributed by atoms with van der Waals surface area (Å²) in [4.78, 5) is 11.3. The first-order chi connectivity index (χ1) is 10.5. The number of benzene rings is 2. The highest BCUT2D eigenvalue weighted by Gasteiger charge is 2.36. The third-order valence-corrected chi connectivity index (χ3v) is 3.25. The summed E-state index contributed by atoms with van der Waals surface area (Å²) in [7, 11) is 0. The average molecular weight is 332 g/mol. The molecule has 0 amide bonds. The Morgan fingerprint density at radius 1 is 0.826 bits per heavy atom. The highest BCUT2D eigenvalue weighted by molar-refractivity contribution is 5.96. The van der Waals surface area contributed by atoms with E-state index in [-0.39, 0.29) is 11.1 Å². The molecular weight excluding hydrogens is 322 g/mol. The van der Waals surface area contributed by atoms with Crippen LogP contribution in [0.2, 0.25) is 0 Å². The highest BCUT2D eigenvalue weighted by atomic mass is 19.4. The maximum absolute atomic E-state index is 13.1. The molecule has 0 aliphatic heterocycles. The maximum Gasteiger partial charge on any atom is 0.417 e. The van der Waals surface area contributed by atoms with Crippen LogP contribution in [0.15, 0.2) is 42.5 Å². The van der Waals surface area contributed by atoms with Crippen molar-refractivity contribution >= 4 is 5.78 Å². The molecule has 0 aliphatic rings. The molecule has 0 radical (unpaired) electrons. The Kier molecular flexibility index (Phi) is 4.24. The van der Waals surface area contributed by atoms with Crippen molar-refractivity contribution in [2.75, 3.05) is 0 Å². The van der Waals surface area contributed by atoms with Crippen LogP contribution in [0.25, 0.3) is 11.1 Å². The molecule has 1 nitrogen and oxygen atoms in total. The Bertz CT molecular complexity index is 743. The molecule has 2 aromatic rings. The molecule has 0 aliphatic carbocycles. The highest BCUT2D eigenvalue weighted by Crippen LogP contribution is 2.40. The number of halogens is 6. The topological polar surface area (TPSA) is 17.1 Å². The van der Waals surface area contributed by atoms with Gasteiger partial charge in [-0.3, -0.25) is 4.79 Å². The van der Waals surface area contributed by atoms with E-state index in [4.69, 9.17) is 0 Å². The second kappa shape index (κ2) is 5.72. The molecule has 0 bridgehead atoms. The van der Waals surface area contributed by atoms with Crippen molar-refractivity contribution in [2.45, 2.75) is 19.3 Å². The molecule has 0 saturated heterocycles. The van der Waals surface area contributed by atoms with Gasteiger partial charge in [0, 0.05) is 5.56 Å². The molecule has 0 heterocycles. The molecular formula is C16H10F6O. The number of ketones is 1. The summed E-state index contributed by atoms with van der Waals surface area (Å²) in [5, 5.41) is 0. The fraction of sp³-hybridized carbons (Fsp3) is 0.188. The standard InChI is InChI=1S/C16H10F6O/c1-9(23)11-7-6-10(8-14(11)16(20,21)22)12-4-2-3-5-13(12)15(17,18)19/h2-8H,1H3. The van der Waals surface area contributed by atoms with E-state index >= 15 is 0 Å². The maximum atomic E-state index is 13.1. The van der Waals surface area contributed by atoms with Crippen LogP contribution in [0.4, 0.5) is 26.3 Å². The second-order valence-corrected chi connectivity index (χ2v) is 4.86. The van der Waals surface area contributed by atoms with Gasteiger partial charge in [0.2, 0.25) is 0 Å². The molecule has 2 aromatic carbocycles. The van der Waals surface area contributed by atoms with Crippen LogP contribution in [-0.2, 0) is 12.4 Å². The van der Waals surface area contributed by atoms with Gasteiger partial charge in [-0.25, -0.2) is 0 Å². The monoisotopic (exact) mass is 332 g/mol. The number of carbonyl (C=O) groups is 1. The first-order valence-electron chi connectivity index (χ1n) is 6.40. The number of rotatable bonds is 2. The lowest BCUT2D eigenvalue weighted by molar-refractivity contribution is -0.138. The predicted octanol–water partition coefficient (Wildman–Crippen LogP) is 5.59. The van der Waals surface area contributed by atoms with Crippen LogP contribution < -0.4 is 0 Å². The lowest BCUT2D eigenvalue weighted by Crippen LogP contribution is -2.12. The van der Waals surface area contributed by atoms with Gasteiger partial charge < -0.3 is 0 Å². The zero-order valence-electron chi connectivity index (χ0n) is 11.7. The number of carbonyl (C=O) groups excluding carboxylic acids is 1. The fourth-order valence-electron chi connectivity index (χ4n) is 2.24. The van der Waals surface area contributed by atoms with E-state index in [0.717, 1.165) is 37.3 Å². The van der Waals surface area contributed by atoms with Crippen molar-refractivity contribution in [2.24, 2.45) is 0 Å². The van der Waals surface area contributed by atoms with E-state index in [2.05, 4.69) is 0 Å². The van der Waals surface area contributed by atoms with Crippen LogP contribution in [0.1, 0.15) is 28.4 Å². The van der Waals surface area contributed by atoms with Gasteiger partial charge >= 0.3 is 12.4 Å². The number of hydrogen-bond acceptors (Lipinski definition) is 1. The molecule has 0 aromatic heterocycles. The SMILES string of the molecule is CC(=O)c1ccc(-c2ccccc2C(F)(F)F)cc1C(F)(F)F. The van der Waals surface area contributed by atoms with Crippen LogP contribution in [0.5, 0.6) is 0 Å². The van der Waals surface area contributed by atoms with Crippen molar-refractivity contribution in [3.63, 3.8) is 0 Å². The lowest BCUT2D eigenvalue weighted by atomic mass is 9.94. The number of alkyl halides is 6. The van der Waals surface area contributed by atoms with Crippen LogP contribution in [0.3, 0.4) is 0 Å². The Morgan fingerprint density at radius 2 is 1.39 bits per heavy atom. The minimum Gasteiger partial charge on any atom is -0.294 e.